The van der Waals surface area contributed by atoms with Crippen LogP contribution in [0.2, 0.25) is 0 Å². The lowest BCUT2D eigenvalue weighted by atomic mass is 10.2. The molecule has 0 aromatic heterocycles. The molecule has 2 aromatic rings. The second kappa shape index (κ2) is 8.92. The predicted octanol–water partition coefficient (Wildman–Crippen LogP) is 2.98. The molecule has 120 valence electrons. The highest BCUT2D eigenvalue weighted by Gasteiger charge is 2.03. The lowest BCUT2D eigenvalue weighted by Crippen LogP contribution is -2.24. The lowest BCUT2D eigenvalue weighted by molar-refractivity contribution is 0.201. The summed E-state index contributed by atoms with van der Waals surface area (Å²) in [5.41, 5.74) is 3.73. The molecule has 0 spiro atoms. The zero-order valence-electron chi connectivity index (χ0n) is 12.2. The molecule has 0 atom stereocenters. The standard InChI is InChI=1S/C16H16BrN3O3/c17-13-6-7-15(23-9-8-21)12(10-13)11-18-20-16(22)19-14-4-2-1-3-5-14/h1-7,10-11,21H,8-9H2,(H2,19,20,22)/b18-11+. The van der Waals surface area contributed by atoms with Crippen LogP contribution < -0.4 is 15.5 Å². The van der Waals surface area contributed by atoms with Gasteiger partial charge in [-0.2, -0.15) is 5.10 Å². The summed E-state index contributed by atoms with van der Waals surface area (Å²) in [5, 5.41) is 15.4. The molecule has 0 fully saturated rings. The number of urea groups is 1. The average molecular weight is 378 g/mol. The van der Waals surface area contributed by atoms with Crippen molar-refractivity contribution >= 4 is 33.9 Å². The van der Waals surface area contributed by atoms with Gasteiger partial charge in [-0.1, -0.05) is 34.1 Å². The van der Waals surface area contributed by atoms with Crippen LogP contribution in [-0.2, 0) is 0 Å². The van der Waals surface area contributed by atoms with Crippen molar-refractivity contribution in [1.29, 1.82) is 0 Å². The number of hydrogen-bond acceptors (Lipinski definition) is 4. The fraction of sp³-hybridized carbons (Fsp3) is 0.125. The summed E-state index contributed by atoms with van der Waals surface area (Å²) >= 11 is 3.36. The van der Waals surface area contributed by atoms with Crippen LogP contribution in [-0.4, -0.2) is 30.6 Å². The third kappa shape index (κ3) is 5.72. The van der Waals surface area contributed by atoms with E-state index in [0.29, 0.717) is 17.0 Å². The first-order chi connectivity index (χ1) is 11.2. The number of hydrazone groups is 1. The van der Waals surface area contributed by atoms with Gasteiger partial charge in [0.1, 0.15) is 12.4 Å². The number of benzene rings is 2. The van der Waals surface area contributed by atoms with Gasteiger partial charge in [0.15, 0.2) is 0 Å². The SMILES string of the molecule is O=C(N/N=C/c1cc(Br)ccc1OCCO)Nc1ccccc1. The fourth-order valence-corrected chi connectivity index (χ4v) is 2.13. The van der Waals surface area contributed by atoms with Gasteiger partial charge < -0.3 is 15.2 Å². The molecule has 0 unspecified atom stereocenters. The molecule has 0 saturated carbocycles. The molecule has 6 nitrogen and oxygen atoms in total. The van der Waals surface area contributed by atoms with Gasteiger partial charge in [-0.15, -0.1) is 0 Å². The normalized spacial score (nSPS) is 10.5. The van der Waals surface area contributed by atoms with Gasteiger partial charge >= 0.3 is 6.03 Å². The van der Waals surface area contributed by atoms with Crippen LogP contribution in [0.4, 0.5) is 10.5 Å². The summed E-state index contributed by atoms with van der Waals surface area (Å²) in [6.45, 7) is 0.106. The first kappa shape index (κ1) is 17.0. The number of aliphatic hydroxyl groups excluding tert-OH is 1. The molecule has 0 heterocycles. The minimum atomic E-state index is -0.444. The molecule has 0 bridgehead atoms. The van der Waals surface area contributed by atoms with E-state index in [4.69, 9.17) is 9.84 Å². The maximum absolute atomic E-state index is 11.7. The molecule has 0 aliphatic heterocycles. The van der Waals surface area contributed by atoms with Gasteiger partial charge in [-0.25, -0.2) is 10.2 Å². The summed E-state index contributed by atoms with van der Waals surface area (Å²) in [5.74, 6) is 0.566. The van der Waals surface area contributed by atoms with Gasteiger partial charge in [0.05, 0.1) is 12.8 Å². The molecule has 23 heavy (non-hydrogen) atoms. The second-order valence-electron chi connectivity index (χ2n) is 4.44. The molecular weight excluding hydrogens is 362 g/mol. The van der Waals surface area contributed by atoms with E-state index in [0.717, 1.165) is 4.47 Å². The Morgan fingerprint density at radius 2 is 2.04 bits per heavy atom. The molecule has 2 amide bonds. The van der Waals surface area contributed by atoms with Gasteiger partial charge in [-0.05, 0) is 30.3 Å². The molecule has 2 aromatic carbocycles. The molecule has 0 radical (unpaired) electrons. The Bertz CT molecular complexity index is 678. The third-order valence-corrected chi connectivity index (χ3v) is 3.22. The first-order valence-electron chi connectivity index (χ1n) is 6.87. The highest BCUT2D eigenvalue weighted by Crippen LogP contribution is 2.21. The molecule has 7 heteroatoms. The van der Waals surface area contributed by atoms with E-state index < -0.39 is 6.03 Å². The summed E-state index contributed by atoms with van der Waals surface area (Å²) in [4.78, 5) is 11.7. The smallest absolute Gasteiger partial charge is 0.339 e. The van der Waals surface area contributed by atoms with Crippen molar-refractivity contribution in [3.63, 3.8) is 0 Å². The quantitative estimate of drug-likeness (QED) is 0.534. The lowest BCUT2D eigenvalue weighted by Gasteiger charge is -2.08. The zero-order valence-corrected chi connectivity index (χ0v) is 13.8. The number of anilines is 1. The highest BCUT2D eigenvalue weighted by atomic mass is 79.9. The molecular formula is C16H16BrN3O3. The molecule has 0 aliphatic rings. The minimum Gasteiger partial charge on any atom is -0.491 e. The maximum atomic E-state index is 11.7. The Kier molecular flexibility index (Phi) is 6.58. The van der Waals surface area contributed by atoms with E-state index in [2.05, 4.69) is 31.8 Å². The summed E-state index contributed by atoms with van der Waals surface area (Å²) in [6, 6.07) is 14.0. The minimum absolute atomic E-state index is 0.0790. The Morgan fingerprint density at radius 3 is 2.78 bits per heavy atom. The monoisotopic (exact) mass is 377 g/mol. The van der Waals surface area contributed by atoms with Crippen molar-refractivity contribution < 1.29 is 14.6 Å². The molecule has 0 aliphatic carbocycles. The maximum Gasteiger partial charge on any atom is 0.339 e. The van der Waals surface area contributed by atoms with E-state index in [1.807, 2.05) is 24.3 Å². The van der Waals surface area contributed by atoms with Crippen molar-refractivity contribution in [3.8, 4) is 5.75 Å². The van der Waals surface area contributed by atoms with E-state index >= 15 is 0 Å². The number of ether oxygens (including phenoxy) is 1. The second-order valence-corrected chi connectivity index (χ2v) is 5.36. The molecule has 2 rings (SSSR count). The molecule has 0 saturated heterocycles. The number of halogens is 1. The number of rotatable bonds is 6. The van der Waals surface area contributed by atoms with Crippen molar-refractivity contribution in [1.82, 2.24) is 5.43 Å². The first-order valence-corrected chi connectivity index (χ1v) is 7.66. The molecule has 3 N–H and O–H groups in total. The third-order valence-electron chi connectivity index (χ3n) is 2.72. The number of amides is 2. The van der Waals surface area contributed by atoms with Crippen molar-refractivity contribution in [3.05, 3.63) is 58.6 Å². The van der Waals surface area contributed by atoms with Gasteiger partial charge in [-0.3, -0.25) is 0 Å². The number of nitrogens with zero attached hydrogens (tertiary/aromatic N) is 1. The summed E-state index contributed by atoms with van der Waals surface area (Å²) in [7, 11) is 0. The number of aliphatic hydroxyl groups is 1. The van der Waals surface area contributed by atoms with Crippen LogP contribution in [0, 0.1) is 0 Å². The topological polar surface area (TPSA) is 83.0 Å². The predicted molar refractivity (Wildman–Crippen MR) is 92.9 cm³/mol. The van der Waals surface area contributed by atoms with Crippen molar-refractivity contribution in [2.75, 3.05) is 18.5 Å². The van der Waals surface area contributed by atoms with Crippen molar-refractivity contribution in [2.45, 2.75) is 0 Å². The average Bonchev–Trinajstić information content (AvgIpc) is 2.55. The van der Waals surface area contributed by atoms with Crippen LogP contribution in [0.5, 0.6) is 5.75 Å². The number of nitrogens with one attached hydrogen (secondary N) is 2. The summed E-state index contributed by atoms with van der Waals surface area (Å²) in [6.07, 6.45) is 1.47. The van der Waals surface area contributed by atoms with E-state index in [1.165, 1.54) is 6.21 Å². The van der Waals surface area contributed by atoms with E-state index in [9.17, 15) is 4.79 Å². The fourth-order valence-electron chi connectivity index (χ4n) is 1.75. The van der Waals surface area contributed by atoms with Crippen LogP contribution >= 0.6 is 15.9 Å². The van der Waals surface area contributed by atoms with Gasteiger partial charge in [0, 0.05) is 15.7 Å². The van der Waals surface area contributed by atoms with Gasteiger partial charge in [0.2, 0.25) is 0 Å². The Labute approximate surface area is 142 Å². The van der Waals surface area contributed by atoms with Crippen LogP contribution in [0.1, 0.15) is 5.56 Å². The van der Waals surface area contributed by atoms with Crippen LogP contribution in [0.3, 0.4) is 0 Å². The zero-order chi connectivity index (χ0) is 16.5. The number of para-hydroxylation sites is 1. The highest BCUT2D eigenvalue weighted by molar-refractivity contribution is 9.10. The van der Waals surface area contributed by atoms with Crippen LogP contribution in [0.15, 0.2) is 58.1 Å². The van der Waals surface area contributed by atoms with Crippen LogP contribution in [0.25, 0.3) is 0 Å². The Morgan fingerprint density at radius 1 is 1.26 bits per heavy atom. The largest absolute Gasteiger partial charge is 0.491 e. The Balaban J connectivity index is 1.96. The number of carbonyl (C=O) groups is 1. The van der Waals surface area contributed by atoms with Gasteiger partial charge in [0.25, 0.3) is 0 Å². The Hall–Kier alpha value is -2.38. The number of hydrogen-bond donors (Lipinski definition) is 3. The summed E-state index contributed by atoms with van der Waals surface area (Å²) < 4.78 is 6.26. The van der Waals surface area contributed by atoms with E-state index in [-0.39, 0.29) is 13.2 Å². The number of carbonyl (C=O) groups excluding carboxylic acids is 1. The van der Waals surface area contributed by atoms with E-state index in [1.54, 1.807) is 24.3 Å². The van der Waals surface area contributed by atoms with Crippen molar-refractivity contribution in [2.24, 2.45) is 5.10 Å².